The lowest BCUT2D eigenvalue weighted by atomic mass is 10.1. The summed E-state index contributed by atoms with van der Waals surface area (Å²) in [6.45, 7) is 0.0976. The van der Waals surface area contributed by atoms with E-state index in [4.69, 9.17) is 11.6 Å². The molecule has 0 aliphatic carbocycles. The standard InChI is InChI=1S/C13H13ClN2O3/c14-11-4-2-1-3-10(11)12(17)8-15-13(18)7-9-5-6-19-16-9/h1-6,12,17H,7-8H2,(H,15,18). The fraction of sp³-hybridized carbons (Fsp3) is 0.231. The first-order valence-electron chi connectivity index (χ1n) is 5.75. The van der Waals surface area contributed by atoms with Crippen LogP contribution in [0.25, 0.3) is 0 Å². The molecule has 1 unspecified atom stereocenters. The zero-order valence-electron chi connectivity index (χ0n) is 10.0. The highest BCUT2D eigenvalue weighted by atomic mass is 35.5. The Morgan fingerprint density at radius 3 is 2.89 bits per heavy atom. The molecule has 1 atom stereocenters. The van der Waals surface area contributed by atoms with Crippen molar-refractivity contribution in [2.75, 3.05) is 6.54 Å². The molecule has 2 aromatic rings. The molecule has 0 fully saturated rings. The van der Waals surface area contributed by atoms with E-state index < -0.39 is 6.10 Å². The first-order valence-corrected chi connectivity index (χ1v) is 6.13. The first-order chi connectivity index (χ1) is 9.16. The van der Waals surface area contributed by atoms with Gasteiger partial charge in [-0.15, -0.1) is 0 Å². The van der Waals surface area contributed by atoms with Crippen molar-refractivity contribution in [1.82, 2.24) is 10.5 Å². The molecule has 1 amide bonds. The molecule has 1 aromatic heterocycles. The van der Waals surface area contributed by atoms with Gasteiger partial charge in [-0.2, -0.15) is 0 Å². The van der Waals surface area contributed by atoms with E-state index in [0.29, 0.717) is 16.3 Å². The van der Waals surface area contributed by atoms with Crippen molar-refractivity contribution < 1.29 is 14.4 Å². The van der Waals surface area contributed by atoms with Crippen molar-refractivity contribution in [2.24, 2.45) is 0 Å². The van der Waals surface area contributed by atoms with Crippen LogP contribution in [-0.2, 0) is 11.2 Å². The predicted octanol–water partition coefficient (Wildman–Crippen LogP) is 1.72. The number of rotatable bonds is 5. The number of carbonyl (C=O) groups excluding carboxylic acids is 1. The van der Waals surface area contributed by atoms with Crippen LogP contribution in [0.4, 0.5) is 0 Å². The summed E-state index contributed by atoms with van der Waals surface area (Å²) in [7, 11) is 0. The van der Waals surface area contributed by atoms with Crippen LogP contribution in [-0.4, -0.2) is 22.7 Å². The summed E-state index contributed by atoms with van der Waals surface area (Å²) >= 11 is 5.95. The molecule has 0 radical (unpaired) electrons. The van der Waals surface area contributed by atoms with Crippen molar-refractivity contribution in [3.63, 3.8) is 0 Å². The van der Waals surface area contributed by atoms with Gasteiger partial charge in [0.1, 0.15) is 6.26 Å². The van der Waals surface area contributed by atoms with E-state index in [1.54, 1.807) is 30.3 Å². The topological polar surface area (TPSA) is 75.4 Å². The summed E-state index contributed by atoms with van der Waals surface area (Å²) in [5.41, 5.74) is 1.13. The average Bonchev–Trinajstić information content (AvgIpc) is 2.89. The summed E-state index contributed by atoms with van der Waals surface area (Å²) in [6, 6.07) is 8.58. The number of hydrogen-bond acceptors (Lipinski definition) is 4. The van der Waals surface area contributed by atoms with Crippen LogP contribution in [0.15, 0.2) is 41.1 Å². The van der Waals surface area contributed by atoms with E-state index in [0.717, 1.165) is 0 Å². The number of benzene rings is 1. The fourth-order valence-electron chi connectivity index (χ4n) is 1.62. The Labute approximate surface area is 115 Å². The lowest BCUT2D eigenvalue weighted by Crippen LogP contribution is -2.29. The molecule has 0 bridgehead atoms. The summed E-state index contributed by atoms with van der Waals surface area (Å²) in [5.74, 6) is -0.236. The summed E-state index contributed by atoms with van der Waals surface area (Å²) < 4.78 is 4.63. The van der Waals surface area contributed by atoms with Gasteiger partial charge in [0.05, 0.1) is 18.2 Å². The van der Waals surface area contributed by atoms with Gasteiger partial charge in [-0.25, -0.2) is 0 Å². The third kappa shape index (κ3) is 3.81. The highest BCUT2D eigenvalue weighted by Crippen LogP contribution is 2.21. The molecule has 0 saturated carbocycles. The van der Waals surface area contributed by atoms with Gasteiger partial charge in [-0.05, 0) is 6.07 Å². The molecule has 0 spiro atoms. The summed E-state index contributed by atoms with van der Waals surface area (Å²) in [6.07, 6.45) is 0.683. The normalized spacial score (nSPS) is 12.1. The molecular formula is C13H13ClN2O3. The number of carbonyl (C=O) groups is 1. The Morgan fingerprint density at radius 2 is 2.21 bits per heavy atom. The Morgan fingerprint density at radius 1 is 1.42 bits per heavy atom. The number of halogens is 1. The predicted molar refractivity (Wildman–Crippen MR) is 69.6 cm³/mol. The maximum atomic E-state index is 11.6. The highest BCUT2D eigenvalue weighted by Gasteiger charge is 2.13. The van der Waals surface area contributed by atoms with Gasteiger partial charge in [-0.1, -0.05) is 35.0 Å². The van der Waals surface area contributed by atoms with Gasteiger partial charge in [0, 0.05) is 23.2 Å². The zero-order valence-corrected chi connectivity index (χ0v) is 10.8. The number of nitrogens with one attached hydrogen (secondary N) is 1. The van der Waals surface area contributed by atoms with E-state index >= 15 is 0 Å². The number of aliphatic hydroxyl groups is 1. The number of nitrogens with zero attached hydrogens (tertiary/aromatic N) is 1. The molecule has 1 aromatic carbocycles. The van der Waals surface area contributed by atoms with Crippen LogP contribution in [0.5, 0.6) is 0 Å². The summed E-state index contributed by atoms with van der Waals surface area (Å²) in [4.78, 5) is 11.6. The zero-order chi connectivity index (χ0) is 13.7. The Balaban J connectivity index is 1.85. The van der Waals surface area contributed by atoms with E-state index in [1.165, 1.54) is 6.26 Å². The molecule has 2 N–H and O–H groups in total. The van der Waals surface area contributed by atoms with Crippen molar-refractivity contribution in [1.29, 1.82) is 0 Å². The van der Waals surface area contributed by atoms with E-state index in [9.17, 15) is 9.90 Å². The van der Waals surface area contributed by atoms with E-state index in [-0.39, 0.29) is 18.9 Å². The van der Waals surface area contributed by atoms with Crippen LogP contribution in [0, 0.1) is 0 Å². The molecule has 1 heterocycles. The summed E-state index contributed by atoms with van der Waals surface area (Å²) in [5, 5.41) is 16.7. The molecule has 5 nitrogen and oxygen atoms in total. The highest BCUT2D eigenvalue weighted by molar-refractivity contribution is 6.31. The number of aromatic nitrogens is 1. The van der Waals surface area contributed by atoms with Crippen LogP contribution >= 0.6 is 11.6 Å². The number of aliphatic hydroxyl groups excluding tert-OH is 1. The van der Waals surface area contributed by atoms with Gasteiger partial charge in [0.2, 0.25) is 5.91 Å². The van der Waals surface area contributed by atoms with Crippen LogP contribution < -0.4 is 5.32 Å². The van der Waals surface area contributed by atoms with Gasteiger partial charge < -0.3 is 14.9 Å². The van der Waals surface area contributed by atoms with Crippen LogP contribution in [0.1, 0.15) is 17.4 Å². The molecular weight excluding hydrogens is 268 g/mol. The maximum absolute atomic E-state index is 11.6. The minimum Gasteiger partial charge on any atom is -0.387 e. The number of hydrogen-bond donors (Lipinski definition) is 2. The monoisotopic (exact) mass is 280 g/mol. The second kappa shape index (κ2) is 6.36. The molecule has 0 aliphatic heterocycles. The third-order valence-corrected chi connectivity index (χ3v) is 2.93. The SMILES string of the molecule is O=C(Cc1ccon1)NCC(O)c1ccccc1Cl. The smallest absolute Gasteiger partial charge is 0.226 e. The Kier molecular flexibility index (Phi) is 4.54. The molecule has 19 heavy (non-hydrogen) atoms. The molecule has 0 aliphatic rings. The lowest BCUT2D eigenvalue weighted by Gasteiger charge is -2.13. The average molecular weight is 281 g/mol. The Bertz CT molecular complexity index is 543. The molecule has 100 valence electrons. The van der Waals surface area contributed by atoms with Crippen molar-refractivity contribution in [3.8, 4) is 0 Å². The molecule has 2 rings (SSSR count). The Hall–Kier alpha value is -1.85. The minimum absolute atomic E-state index is 0.0976. The second-order valence-electron chi connectivity index (χ2n) is 4.01. The lowest BCUT2D eigenvalue weighted by molar-refractivity contribution is -0.121. The fourth-order valence-corrected chi connectivity index (χ4v) is 1.88. The van der Waals surface area contributed by atoms with E-state index in [2.05, 4.69) is 15.0 Å². The second-order valence-corrected chi connectivity index (χ2v) is 4.42. The third-order valence-electron chi connectivity index (χ3n) is 2.59. The first kappa shape index (κ1) is 13.6. The van der Waals surface area contributed by atoms with E-state index in [1.807, 2.05) is 0 Å². The molecule has 0 saturated heterocycles. The largest absolute Gasteiger partial charge is 0.387 e. The van der Waals surface area contributed by atoms with Gasteiger partial charge >= 0.3 is 0 Å². The minimum atomic E-state index is -0.838. The quantitative estimate of drug-likeness (QED) is 0.874. The van der Waals surface area contributed by atoms with Gasteiger partial charge in [0.25, 0.3) is 0 Å². The van der Waals surface area contributed by atoms with Gasteiger partial charge in [0.15, 0.2) is 0 Å². The van der Waals surface area contributed by atoms with Crippen molar-refractivity contribution >= 4 is 17.5 Å². The number of amides is 1. The van der Waals surface area contributed by atoms with Gasteiger partial charge in [-0.3, -0.25) is 4.79 Å². The van der Waals surface area contributed by atoms with Crippen LogP contribution in [0.2, 0.25) is 5.02 Å². The van der Waals surface area contributed by atoms with Crippen molar-refractivity contribution in [3.05, 3.63) is 52.9 Å². The maximum Gasteiger partial charge on any atom is 0.226 e. The van der Waals surface area contributed by atoms with Crippen molar-refractivity contribution in [2.45, 2.75) is 12.5 Å². The van der Waals surface area contributed by atoms with Crippen LogP contribution in [0.3, 0.4) is 0 Å². The molecule has 6 heteroatoms.